The number of rotatable bonds is 2. The third-order valence-corrected chi connectivity index (χ3v) is 1.97. The highest BCUT2D eigenvalue weighted by Crippen LogP contribution is 2.37. The molecule has 2 N–H and O–H groups in total. The molecule has 0 radical (unpaired) electrons. The van der Waals surface area contributed by atoms with Gasteiger partial charge in [0.1, 0.15) is 5.69 Å². The second-order valence-electron chi connectivity index (χ2n) is 3.19. The quantitative estimate of drug-likeness (QED) is 0.807. The summed E-state index contributed by atoms with van der Waals surface area (Å²) in [6, 6.07) is 1.06. The van der Waals surface area contributed by atoms with Crippen molar-refractivity contribution in [2.45, 2.75) is 26.1 Å². The average Bonchev–Trinajstić information content (AvgIpc) is 2.14. The molecule has 7 heteroatoms. The summed E-state index contributed by atoms with van der Waals surface area (Å²) in [6.07, 6.45) is -8.15. The fraction of sp³-hybridized carbons (Fsp3) is 0.444. The van der Waals surface area contributed by atoms with Gasteiger partial charge in [-0.15, -0.1) is 0 Å². The standard InChI is InChI=1S/C9H9F5N2/c1-4-2-5(3-15)6(9(12,13)14)7(16-4)8(10)11/h2,8H,3,15H2,1H3. The normalized spacial score (nSPS) is 12.2. The molecule has 0 aliphatic heterocycles. The molecule has 0 saturated carbocycles. The van der Waals surface area contributed by atoms with Gasteiger partial charge in [0.2, 0.25) is 0 Å². The zero-order valence-corrected chi connectivity index (χ0v) is 8.28. The predicted octanol–water partition coefficient (Wildman–Crippen LogP) is 2.81. The van der Waals surface area contributed by atoms with Crippen molar-refractivity contribution >= 4 is 0 Å². The summed E-state index contributed by atoms with van der Waals surface area (Å²) in [7, 11) is 0. The van der Waals surface area contributed by atoms with Crippen LogP contribution in [0.2, 0.25) is 0 Å². The van der Waals surface area contributed by atoms with E-state index in [0.29, 0.717) is 0 Å². The SMILES string of the molecule is Cc1cc(CN)c(C(F)(F)F)c(C(F)F)n1. The first-order valence-electron chi connectivity index (χ1n) is 4.33. The highest BCUT2D eigenvalue weighted by molar-refractivity contribution is 5.35. The van der Waals surface area contributed by atoms with Gasteiger partial charge >= 0.3 is 6.18 Å². The Morgan fingerprint density at radius 3 is 2.31 bits per heavy atom. The number of halogens is 5. The molecule has 1 heterocycles. The van der Waals surface area contributed by atoms with Crippen LogP contribution in [0, 0.1) is 6.92 Å². The van der Waals surface area contributed by atoms with Gasteiger partial charge in [-0.1, -0.05) is 0 Å². The van der Waals surface area contributed by atoms with Crippen LogP contribution in [0.1, 0.15) is 28.9 Å². The van der Waals surface area contributed by atoms with E-state index in [1.165, 1.54) is 6.92 Å². The molecule has 0 amide bonds. The Labute approximate surface area is 88.3 Å². The molecule has 1 aromatic heterocycles. The lowest BCUT2D eigenvalue weighted by Gasteiger charge is -2.16. The Hall–Kier alpha value is -1.24. The van der Waals surface area contributed by atoms with Gasteiger partial charge in [-0.25, -0.2) is 8.78 Å². The lowest BCUT2D eigenvalue weighted by Crippen LogP contribution is -2.17. The molecular weight excluding hydrogens is 231 g/mol. The molecule has 0 aromatic carbocycles. The zero-order chi connectivity index (χ0) is 12.5. The first-order chi connectivity index (χ1) is 7.27. The molecule has 16 heavy (non-hydrogen) atoms. The maximum absolute atomic E-state index is 12.6. The predicted molar refractivity (Wildman–Crippen MR) is 46.8 cm³/mol. The van der Waals surface area contributed by atoms with Gasteiger partial charge in [0.15, 0.2) is 0 Å². The zero-order valence-electron chi connectivity index (χ0n) is 8.28. The third-order valence-electron chi connectivity index (χ3n) is 1.97. The molecule has 2 nitrogen and oxygen atoms in total. The highest BCUT2D eigenvalue weighted by atomic mass is 19.4. The van der Waals surface area contributed by atoms with Gasteiger partial charge < -0.3 is 5.73 Å². The Morgan fingerprint density at radius 1 is 1.38 bits per heavy atom. The smallest absolute Gasteiger partial charge is 0.326 e. The van der Waals surface area contributed by atoms with E-state index in [1.807, 2.05) is 0 Å². The summed E-state index contributed by atoms with van der Waals surface area (Å²) in [5.41, 5.74) is 2.16. The minimum Gasteiger partial charge on any atom is -0.326 e. The van der Waals surface area contributed by atoms with Crippen molar-refractivity contribution < 1.29 is 22.0 Å². The molecule has 0 spiro atoms. The minimum absolute atomic E-state index is 0.0868. The summed E-state index contributed by atoms with van der Waals surface area (Å²) in [5, 5.41) is 0. The summed E-state index contributed by atoms with van der Waals surface area (Å²) in [4.78, 5) is 3.22. The molecule has 0 unspecified atom stereocenters. The molecule has 1 rings (SSSR count). The maximum Gasteiger partial charge on any atom is 0.418 e. The van der Waals surface area contributed by atoms with Crippen molar-refractivity contribution in [3.05, 3.63) is 28.6 Å². The van der Waals surface area contributed by atoms with E-state index in [4.69, 9.17) is 5.73 Å². The number of aryl methyl sites for hydroxylation is 1. The van der Waals surface area contributed by atoms with Crippen LogP contribution < -0.4 is 5.73 Å². The van der Waals surface area contributed by atoms with Crippen molar-refractivity contribution in [2.75, 3.05) is 0 Å². The fourth-order valence-electron chi connectivity index (χ4n) is 1.41. The summed E-state index contributed by atoms with van der Waals surface area (Å²) >= 11 is 0. The number of alkyl halides is 5. The Bertz CT molecular complexity index is 386. The number of pyridine rings is 1. The second-order valence-corrected chi connectivity index (χ2v) is 3.19. The van der Waals surface area contributed by atoms with Crippen molar-refractivity contribution in [2.24, 2.45) is 5.73 Å². The molecule has 90 valence electrons. The van der Waals surface area contributed by atoms with Crippen LogP contribution in [0.25, 0.3) is 0 Å². The number of nitrogens with two attached hydrogens (primary N) is 1. The molecule has 0 fully saturated rings. The van der Waals surface area contributed by atoms with Crippen molar-refractivity contribution in [3.63, 3.8) is 0 Å². The molecule has 0 bridgehead atoms. The van der Waals surface area contributed by atoms with Crippen LogP contribution in [0.15, 0.2) is 6.07 Å². The lowest BCUT2D eigenvalue weighted by atomic mass is 10.0. The molecule has 0 atom stereocenters. The molecule has 1 aromatic rings. The summed E-state index contributed by atoms with van der Waals surface area (Å²) in [6.45, 7) is 0.878. The molecule has 0 aliphatic rings. The fourth-order valence-corrected chi connectivity index (χ4v) is 1.41. The van der Waals surface area contributed by atoms with Gasteiger partial charge in [0.25, 0.3) is 6.43 Å². The summed E-state index contributed by atoms with van der Waals surface area (Å²) < 4.78 is 62.6. The first kappa shape index (κ1) is 12.8. The van der Waals surface area contributed by atoms with E-state index in [9.17, 15) is 22.0 Å². The van der Waals surface area contributed by atoms with Gasteiger partial charge in [0.05, 0.1) is 5.56 Å². The molecular formula is C9H9F5N2. The van der Waals surface area contributed by atoms with Gasteiger partial charge in [-0.3, -0.25) is 4.98 Å². The summed E-state index contributed by atoms with van der Waals surface area (Å²) in [5.74, 6) is 0. The van der Waals surface area contributed by atoms with Crippen LogP contribution in [-0.2, 0) is 12.7 Å². The third kappa shape index (κ3) is 2.46. The van der Waals surface area contributed by atoms with Crippen molar-refractivity contribution in [1.29, 1.82) is 0 Å². The Balaban J connectivity index is 3.52. The maximum atomic E-state index is 12.6. The van der Waals surface area contributed by atoms with Crippen LogP contribution in [0.3, 0.4) is 0 Å². The van der Waals surface area contributed by atoms with Crippen LogP contribution in [0.5, 0.6) is 0 Å². The van der Waals surface area contributed by atoms with Crippen molar-refractivity contribution in [3.8, 4) is 0 Å². The molecule has 0 saturated heterocycles. The number of hydrogen-bond acceptors (Lipinski definition) is 2. The minimum atomic E-state index is -4.87. The van der Waals surface area contributed by atoms with E-state index in [0.717, 1.165) is 6.07 Å². The van der Waals surface area contributed by atoms with Gasteiger partial charge in [0, 0.05) is 12.2 Å². The highest BCUT2D eigenvalue weighted by Gasteiger charge is 2.39. The van der Waals surface area contributed by atoms with Crippen LogP contribution >= 0.6 is 0 Å². The van der Waals surface area contributed by atoms with Crippen LogP contribution in [0.4, 0.5) is 22.0 Å². The lowest BCUT2D eigenvalue weighted by molar-refractivity contribution is -0.140. The van der Waals surface area contributed by atoms with E-state index >= 15 is 0 Å². The monoisotopic (exact) mass is 240 g/mol. The Kier molecular flexibility index (Phi) is 3.47. The van der Waals surface area contributed by atoms with E-state index < -0.39 is 30.4 Å². The largest absolute Gasteiger partial charge is 0.418 e. The van der Waals surface area contributed by atoms with Gasteiger partial charge in [-0.05, 0) is 18.6 Å². The Morgan fingerprint density at radius 2 is 1.94 bits per heavy atom. The number of nitrogens with zero attached hydrogens (tertiary/aromatic N) is 1. The van der Waals surface area contributed by atoms with E-state index in [2.05, 4.69) is 4.98 Å². The topological polar surface area (TPSA) is 38.9 Å². The first-order valence-corrected chi connectivity index (χ1v) is 4.33. The average molecular weight is 240 g/mol. The second kappa shape index (κ2) is 4.32. The van der Waals surface area contributed by atoms with E-state index in [1.54, 1.807) is 0 Å². The van der Waals surface area contributed by atoms with Crippen molar-refractivity contribution in [1.82, 2.24) is 4.98 Å². The van der Waals surface area contributed by atoms with Gasteiger partial charge in [-0.2, -0.15) is 13.2 Å². The van der Waals surface area contributed by atoms with Crippen LogP contribution in [-0.4, -0.2) is 4.98 Å². The number of aromatic nitrogens is 1. The molecule has 0 aliphatic carbocycles. The number of hydrogen-bond donors (Lipinski definition) is 1. The van der Waals surface area contributed by atoms with E-state index in [-0.39, 0.29) is 11.3 Å².